The molecule has 0 aliphatic rings. The molecule has 0 spiro atoms. The van der Waals surface area contributed by atoms with Crippen molar-refractivity contribution in [3.05, 3.63) is 90.3 Å². The van der Waals surface area contributed by atoms with E-state index in [4.69, 9.17) is 0 Å². The van der Waals surface area contributed by atoms with Crippen molar-refractivity contribution < 1.29 is 0 Å². The van der Waals surface area contributed by atoms with E-state index in [-0.39, 0.29) is 0 Å². The van der Waals surface area contributed by atoms with Gasteiger partial charge in [-0.15, -0.1) is 0 Å². The van der Waals surface area contributed by atoms with Gasteiger partial charge in [-0.05, 0) is 48.0 Å². The molecule has 0 saturated carbocycles. The lowest BCUT2D eigenvalue weighted by Crippen LogP contribution is -2.08. The van der Waals surface area contributed by atoms with Crippen molar-refractivity contribution in [2.45, 2.75) is 0 Å². The molecule has 0 saturated heterocycles. The van der Waals surface area contributed by atoms with E-state index in [9.17, 15) is 5.26 Å². The Morgan fingerprint density at radius 2 is 1.59 bits per heavy atom. The molecule has 0 fully saturated rings. The summed E-state index contributed by atoms with van der Waals surface area (Å²) in [5.41, 5.74) is 5.45. The lowest BCUT2D eigenvalue weighted by molar-refractivity contribution is 1.21. The minimum absolute atomic E-state index is 0.510. The molecule has 0 amide bonds. The number of aromatic amines is 1. The first kappa shape index (κ1) is 16.6. The molecule has 0 bridgehead atoms. The van der Waals surface area contributed by atoms with Gasteiger partial charge in [0.15, 0.2) is 0 Å². The molecular weight excluding hydrogens is 332 g/mol. The highest BCUT2D eigenvalue weighted by Crippen LogP contribution is 2.25. The number of para-hydroxylation sites is 3. The van der Waals surface area contributed by atoms with Crippen LogP contribution in [-0.2, 0) is 0 Å². The molecule has 4 aromatic rings. The summed E-state index contributed by atoms with van der Waals surface area (Å²) in [6, 6.07) is 28.3. The number of rotatable bonds is 4. The van der Waals surface area contributed by atoms with Gasteiger partial charge in [-0.2, -0.15) is 5.26 Å². The van der Waals surface area contributed by atoms with Gasteiger partial charge in [-0.1, -0.05) is 42.5 Å². The second-order valence-electron chi connectivity index (χ2n) is 6.26. The van der Waals surface area contributed by atoms with Crippen LogP contribution in [0.25, 0.3) is 22.7 Å². The van der Waals surface area contributed by atoms with E-state index in [1.807, 2.05) is 79.9 Å². The minimum Gasteiger partial charge on any atom is -0.345 e. The fraction of sp³-hybridized carbons (Fsp3) is 0.0435. The maximum atomic E-state index is 9.57. The SMILES string of the molecule is CN(c1ccccc1)c1ccc(/C=C(/C#N)c2nc3ccccc3[nH]2)cc1. The van der Waals surface area contributed by atoms with Crippen molar-refractivity contribution in [1.29, 1.82) is 5.26 Å². The van der Waals surface area contributed by atoms with Crippen LogP contribution >= 0.6 is 0 Å². The maximum Gasteiger partial charge on any atom is 0.149 e. The number of nitrogens with zero attached hydrogens (tertiary/aromatic N) is 3. The number of fused-ring (bicyclic) bond motifs is 1. The van der Waals surface area contributed by atoms with E-state index in [1.54, 1.807) is 0 Å². The van der Waals surface area contributed by atoms with Crippen LogP contribution < -0.4 is 4.90 Å². The van der Waals surface area contributed by atoms with Crippen molar-refractivity contribution >= 4 is 34.1 Å². The summed E-state index contributed by atoms with van der Waals surface area (Å²) in [6.07, 6.45) is 1.85. The summed E-state index contributed by atoms with van der Waals surface area (Å²) < 4.78 is 0. The lowest BCUT2D eigenvalue weighted by Gasteiger charge is -2.19. The standard InChI is InChI=1S/C23H18N4/c1-27(19-7-3-2-4-8-19)20-13-11-17(12-14-20)15-18(16-24)23-25-21-9-5-6-10-22(21)26-23/h2-15H,1H3,(H,25,26)/b18-15-. The molecule has 0 radical (unpaired) electrons. The lowest BCUT2D eigenvalue weighted by atomic mass is 10.1. The van der Waals surface area contributed by atoms with Crippen molar-refractivity contribution in [3.63, 3.8) is 0 Å². The van der Waals surface area contributed by atoms with Crippen LogP contribution in [0.1, 0.15) is 11.4 Å². The number of nitrogens with one attached hydrogen (secondary N) is 1. The Morgan fingerprint density at radius 3 is 2.30 bits per heavy atom. The number of hydrogen-bond donors (Lipinski definition) is 1. The third kappa shape index (κ3) is 3.44. The van der Waals surface area contributed by atoms with Gasteiger partial charge in [-0.25, -0.2) is 4.98 Å². The molecule has 1 aromatic heterocycles. The molecular formula is C23H18N4. The van der Waals surface area contributed by atoms with Crippen LogP contribution in [-0.4, -0.2) is 17.0 Å². The molecule has 130 valence electrons. The zero-order valence-corrected chi connectivity index (χ0v) is 14.9. The van der Waals surface area contributed by atoms with Gasteiger partial charge in [0.1, 0.15) is 11.9 Å². The summed E-state index contributed by atoms with van der Waals surface area (Å²) >= 11 is 0. The molecule has 0 aliphatic heterocycles. The number of hydrogen-bond acceptors (Lipinski definition) is 3. The monoisotopic (exact) mass is 350 g/mol. The van der Waals surface area contributed by atoms with Crippen LogP contribution in [0.15, 0.2) is 78.9 Å². The summed E-state index contributed by atoms with van der Waals surface area (Å²) in [5, 5.41) is 9.57. The molecule has 1 N–H and O–H groups in total. The zero-order valence-electron chi connectivity index (χ0n) is 14.9. The molecule has 0 atom stereocenters. The number of anilines is 2. The average Bonchev–Trinajstić information content (AvgIpc) is 3.16. The first-order valence-electron chi connectivity index (χ1n) is 8.70. The molecule has 0 aliphatic carbocycles. The molecule has 1 heterocycles. The molecule has 3 aromatic carbocycles. The van der Waals surface area contributed by atoms with Gasteiger partial charge in [0, 0.05) is 18.4 Å². The third-order valence-electron chi connectivity index (χ3n) is 4.50. The fourth-order valence-corrected chi connectivity index (χ4v) is 3.00. The summed E-state index contributed by atoms with van der Waals surface area (Å²) in [6.45, 7) is 0. The van der Waals surface area contributed by atoms with Gasteiger partial charge in [0.25, 0.3) is 0 Å². The first-order chi connectivity index (χ1) is 13.2. The highest BCUT2D eigenvalue weighted by Gasteiger charge is 2.08. The van der Waals surface area contributed by atoms with Crippen molar-refractivity contribution in [2.75, 3.05) is 11.9 Å². The Kier molecular flexibility index (Phi) is 4.42. The Hall–Kier alpha value is -3.84. The average molecular weight is 350 g/mol. The highest BCUT2D eigenvalue weighted by atomic mass is 15.1. The normalized spacial score (nSPS) is 11.3. The number of imidazole rings is 1. The molecule has 4 heteroatoms. The Balaban J connectivity index is 1.62. The number of nitriles is 1. The van der Waals surface area contributed by atoms with Gasteiger partial charge in [0.2, 0.25) is 0 Å². The van der Waals surface area contributed by atoms with E-state index in [1.165, 1.54) is 0 Å². The first-order valence-corrected chi connectivity index (χ1v) is 8.70. The smallest absolute Gasteiger partial charge is 0.149 e. The van der Waals surface area contributed by atoms with Crippen LogP contribution in [0.2, 0.25) is 0 Å². The summed E-state index contributed by atoms with van der Waals surface area (Å²) in [7, 11) is 2.04. The Bertz CT molecular complexity index is 1100. The van der Waals surface area contributed by atoms with E-state index < -0.39 is 0 Å². The summed E-state index contributed by atoms with van der Waals surface area (Å²) in [4.78, 5) is 9.84. The van der Waals surface area contributed by atoms with E-state index in [2.05, 4.69) is 33.1 Å². The largest absolute Gasteiger partial charge is 0.345 e. The van der Waals surface area contributed by atoms with Crippen molar-refractivity contribution in [1.82, 2.24) is 9.97 Å². The van der Waals surface area contributed by atoms with Crippen LogP contribution in [0.5, 0.6) is 0 Å². The Labute approximate surface area is 158 Å². The van der Waals surface area contributed by atoms with Gasteiger partial charge in [0.05, 0.1) is 16.6 Å². The van der Waals surface area contributed by atoms with Crippen LogP contribution in [0.3, 0.4) is 0 Å². The number of benzene rings is 3. The molecule has 27 heavy (non-hydrogen) atoms. The van der Waals surface area contributed by atoms with Gasteiger partial charge >= 0.3 is 0 Å². The maximum absolute atomic E-state index is 9.57. The molecule has 4 rings (SSSR count). The number of aromatic nitrogens is 2. The van der Waals surface area contributed by atoms with E-state index in [0.717, 1.165) is 28.0 Å². The van der Waals surface area contributed by atoms with Gasteiger partial charge in [-0.3, -0.25) is 0 Å². The van der Waals surface area contributed by atoms with E-state index >= 15 is 0 Å². The van der Waals surface area contributed by atoms with Gasteiger partial charge < -0.3 is 9.88 Å². The van der Waals surface area contributed by atoms with Crippen molar-refractivity contribution in [3.8, 4) is 6.07 Å². The summed E-state index contributed by atoms with van der Waals surface area (Å²) in [5.74, 6) is 0.587. The van der Waals surface area contributed by atoms with Crippen molar-refractivity contribution in [2.24, 2.45) is 0 Å². The Morgan fingerprint density at radius 1 is 0.926 bits per heavy atom. The molecule has 4 nitrogen and oxygen atoms in total. The second kappa shape index (κ2) is 7.19. The predicted octanol–water partition coefficient (Wildman–Crippen LogP) is 5.39. The minimum atomic E-state index is 0.510. The topological polar surface area (TPSA) is 55.7 Å². The fourth-order valence-electron chi connectivity index (χ4n) is 3.00. The molecule has 0 unspecified atom stereocenters. The third-order valence-corrected chi connectivity index (χ3v) is 4.50. The predicted molar refractivity (Wildman–Crippen MR) is 111 cm³/mol. The quantitative estimate of drug-likeness (QED) is 0.502. The highest BCUT2D eigenvalue weighted by molar-refractivity contribution is 5.90. The second-order valence-corrected chi connectivity index (χ2v) is 6.26. The van der Waals surface area contributed by atoms with Crippen LogP contribution in [0.4, 0.5) is 11.4 Å². The number of allylic oxidation sites excluding steroid dienone is 1. The number of H-pyrrole nitrogens is 1. The van der Waals surface area contributed by atoms with Crippen LogP contribution in [0, 0.1) is 11.3 Å². The van der Waals surface area contributed by atoms with E-state index in [0.29, 0.717) is 11.4 Å². The zero-order chi connectivity index (χ0) is 18.6.